The monoisotopic (exact) mass is 574 g/mol. The Morgan fingerprint density at radius 2 is 1.29 bits per heavy atom. The van der Waals surface area contributed by atoms with E-state index in [1.165, 1.54) is 19.1 Å². The number of aliphatic hydroxyl groups excluding tert-OH is 1. The number of aryl methyl sites for hydroxylation is 1. The summed E-state index contributed by atoms with van der Waals surface area (Å²) in [6.45, 7) is 12.4. The molecule has 0 saturated heterocycles. The zero-order valence-corrected chi connectivity index (χ0v) is 24.0. The zero-order valence-electron chi connectivity index (χ0n) is 22.4. The van der Waals surface area contributed by atoms with Gasteiger partial charge in [0.25, 0.3) is 0 Å². The quantitative estimate of drug-likeness (QED) is 0.308. The molecule has 9 heteroatoms. The van der Waals surface area contributed by atoms with Crippen LogP contribution in [-0.2, 0) is 17.4 Å². The fraction of sp³-hybridized carbons (Fsp3) is 0.517. The molecule has 38 heavy (non-hydrogen) atoms. The number of hydrogen-bond acceptors (Lipinski definition) is 3. The maximum Gasteiger partial charge on any atom is 0.373 e. The Morgan fingerprint density at radius 3 is 1.74 bits per heavy atom. The van der Waals surface area contributed by atoms with Crippen LogP contribution >= 0.6 is 22.7 Å². The van der Waals surface area contributed by atoms with Crippen molar-refractivity contribution < 1.29 is 31.4 Å². The number of benzene rings is 1. The Bertz CT molecular complexity index is 1320. The van der Waals surface area contributed by atoms with Gasteiger partial charge in [-0.05, 0) is 52.1 Å². The molecule has 1 N–H and O–H groups in total. The smallest absolute Gasteiger partial charge is 0.373 e. The van der Waals surface area contributed by atoms with E-state index >= 15 is 17.6 Å². The van der Waals surface area contributed by atoms with Crippen molar-refractivity contribution in [2.75, 3.05) is 0 Å². The molecule has 1 aliphatic carbocycles. The number of halogens is 6. The number of thiophene rings is 2. The van der Waals surface area contributed by atoms with E-state index in [0.29, 0.717) is 20.2 Å². The molecule has 4 rings (SSSR count). The van der Waals surface area contributed by atoms with E-state index < -0.39 is 41.6 Å². The summed E-state index contributed by atoms with van der Waals surface area (Å²) in [5.41, 5.74) is 0.496. The highest BCUT2D eigenvalue weighted by atomic mass is 32.1. The van der Waals surface area contributed by atoms with Crippen LogP contribution in [0.25, 0.3) is 10.4 Å². The summed E-state index contributed by atoms with van der Waals surface area (Å²) in [6.07, 6.45) is 0. The first kappa shape index (κ1) is 29.2. The molecule has 2 atom stereocenters. The van der Waals surface area contributed by atoms with Gasteiger partial charge >= 0.3 is 17.8 Å². The van der Waals surface area contributed by atoms with Crippen LogP contribution < -0.4 is 0 Å². The maximum atomic E-state index is 15.5. The van der Waals surface area contributed by atoms with Gasteiger partial charge in [-0.2, -0.15) is 26.3 Å². The highest BCUT2D eigenvalue weighted by Crippen LogP contribution is 2.70. The molecule has 2 heterocycles. The molecule has 0 spiro atoms. The van der Waals surface area contributed by atoms with E-state index in [1.807, 2.05) is 53.7 Å². The lowest BCUT2D eigenvalue weighted by molar-refractivity contribution is -0.275. The first-order chi connectivity index (χ1) is 17.2. The van der Waals surface area contributed by atoms with Crippen LogP contribution in [-0.4, -0.2) is 22.9 Å². The minimum Gasteiger partial charge on any atom is -0.391 e. The van der Waals surface area contributed by atoms with E-state index in [4.69, 9.17) is 0 Å². The molecule has 0 radical (unpaired) electrons. The van der Waals surface area contributed by atoms with Crippen LogP contribution in [0, 0.1) is 6.92 Å². The fourth-order valence-corrected chi connectivity index (χ4v) is 7.26. The molecule has 0 aliphatic heterocycles. The lowest BCUT2D eigenvalue weighted by Crippen LogP contribution is -2.48. The Balaban J connectivity index is 1.91. The summed E-state index contributed by atoms with van der Waals surface area (Å²) in [6, 6.07) is 9.97. The van der Waals surface area contributed by atoms with E-state index in [9.17, 15) is 13.9 Å². The lowest BCUT2D eigenvalue weighted by atomic mass is 9.80. The minimum atomic E-state index is -5.57. The van der Waals surface area contributed by atoms with Gasteiger partial charge in [-0.25, -0.2) is 0 Å². The summed E-state index contributed by atoms with van der Waals surface area (Å²) in [5.74, 6) is -20.6. The summed E-state index contributed by atoms with van der Waals surface area (Å²) in [4.78, 5) is 1.37. The van der Waals surface area contributed by atoms with Gasteiger partial charge < -0.3 is 5.11 Å². The molecular formula is C29H32F6OS2. The molecular weight excluding hydrogens is 542 g/mol. The molecule has 0 amide bonds. The third-order valence-corrected chi connectivity index (χ3v) is 10.0. The Labute approximate surface area is 227 Å². The molecule has 1 aromatic carbocycles. The van der Waals surface area contributed by atoms with Gasteiger partial charge in [-0.3, -0.25) is 0 Å². The van der Waals surface area contributed by atoms with Gasteiger partial charge in [0.2, 0.25) is 0 Å². The largest absolute Gasteiger partial charge is 0.391 e. The van der Waals surface area contributed by atoms with Crippen LogP contribution in [0.1, 0.15) is 84.7 Å². The molecule has 3 aromatic rings. The van der Waals surface area contributed by atoms with Gasteiger partial charge in [0.05, 0.1) is 18.4 Å². The molecule has 2 aromatic heterocycles. The highest BCUT2D eigenvalue weighted by molar-refractivity contribution is 7.15. The normalized spacial score (nSPS) is 22.7. The minimum absolute atomic E-state index is 0.0213. The number of hydrogen-bond donors (Lipinski definition) is 1. The van der Waals surface area contributed by atoms with Crippen LogP contribution in [0.4, 0.5) is 26.3 Å². The van der Waals surface area contributed by atoms with Crippen LogP contribution in [0.3, 0.4) is 0 Å². The predicted molar refractivity (Wildman–Crippen MR) is 142 cm³/mol. The Kier molecular flexibility index (Phi) is 6.98. The molecule has 1 nitrogen and oxygen atoms in total. The number of aliphatic hydroxyl groups is 1. The van der Waals surface area contributed by atoms with Crippen molar-refractivity contribution in [3.8, 4) is 10.4 Å². The average Bonchev–Trinajstić information content (AvgIpc) is 3.41. The zero-order chi connectivity index (χ0) is 28.6. The van der Waals surface area contributed by atoms with Crippen molar-refractivity contribution >= 4 is 22.7 Å². The van der Waals surface area contributed by atoms with E-state index in [-0.39, 0.29) is 21.4 Å². The van der Waals surface area contributed by atoms with Crippen molar-refractivity contribution in [1.29, 1.82) is 0 Å². The first-order valence-electron chi connectivity index (χ1n) is 12.3. The SMILES string of the molecule is Cc1sc(C(C)(C)C)cc1C1C(c2cc(-c3ccc(C(C)(C)C)cc3)sc2CO)C(F)(F)C(F)(F)C1(F)F. The second kappa shape index (κ2) is 9.10. The summed E-state index contributed by atoms with van der Waals surface area (Å²) in [7, 11) is 0. The number of alkyl halides is 6. The number of rotatable bonds is 4. The van der Waals surface area contributed by atoms with Gasteiger partial charge in [0, 0.05) is 19.5 Å². The Hall–Kier alpha value is -1.84. The van der Waals surface area contributed by atoms with Crippen molar-refractivity contribution in [2.24, 2.45) is 0 Å². The second-order valence-corrected chi connectivity index (χ2v) is 14.5. The maximum absolute atomic E-state index is 15.5. The summed E-state index contributed by atoms with van der Waals surface area (Å²) in [5, 5.41) is 10.0. The standard InChI is InChI=1S/C29H32F6OS2/c1-15-18(13-22(37-15)26(5,6)7)23-24(28(32,33)29(34,35)27(23,30)31)19-12-20(38-21(19)14-36)16-8-10-17(11-9-16)25(2,3)4/h8-13,23-24,36H,14H2,1-7H3. The molecule has 208 valence electrons. The van der Waals surface area contributed by atoms with Crippen LogP contribution in [0.5, 0.6) is 0 Å². The Morgan fingerprint density at radius 1 is 0.763 bits per heavy atom. The fourth-order valence-electron chi connectivity index (χ4n) is 5.06. The van der Waals surface area contributed by atoms with Crippen LogP contribution in [0.15, 0.2) is 36.4 Å². The first-order valence-corrected chi connectivity index (χ1v) is 14.0. The summed E-state index contributed by atoms with van der Waals surface area (Å²) < 4.78 is 91.6. The van der Waals surface area contributed by atoms with Crippen molar-refractivity contribution in [3.63, 3.8) is 0 Å². The third-order valence-electron chi connectivity index (χ3n) is 7.34. The van der Waals surface area contributed by atoms with Gasteiger partial charge in [0.1, 0.15) is 0 Å². The topological polar surface area (TPSA) is 20.2 Å². The van der Waals surface area contributed by atoms with Gasteiger partial charge in [-0.15, -0.1) is 22.7 Å². The second-order valence-electron chi connectivity index (χ2n) is 12.1. The molecule has 1 saturated carbocycles. The van der Waals surface area contributed by atoms with Crippen molar-refractivity contribution in [2.45, 2.75) is 95.5 Å². The lowest BCUT2D eigenvalue weighted by Gasteiger charge is -2.25. The molecule has 2 unspecified atom stereocenters. The predicted octanol–water partition coefficient (Wildman–Crippen LogP) is 9.66. The molecule has 1 fully saturated rings. The van der Waals surface area contributed by atoms with E-state index in [1.54, 1.807) is 12.1 Å². The van der Waals surface area contributed by atoms with Crippen LogP contribution in [0.2, 0.25) is 0 Å². The third kappa shape index (κ3) is 4.42. The van der Waals surface area contributed by atoms with E-state index in [0.717, 1.165) is 28.2 Å². The average molecular weight is 575 g/mol. The molecule has 1 aliphatic rings. The van der Waals surface area contributed by atoms with Crippen molar-refractivity contribution in [1.82, 2.24) is 0 Å². The molecule has 0 bridgehead atoms. The van der Waals surface area contributed by atoms with Gasteiger partial charge in [-0.1, -0.05) is 65.8 Å². The summed E-state index contributed by atoms with van der Waals surface area (Å²) >= 11 is 2.11. The van der Waals surface area contributed by atoms with Crippen molar-refractivity contribution in [3.05, 3.63) is 67.7 Å². The van der Waals surface area contributed by atoms with E-state index in [2.05, 4.69) is 0 Å². The highest BCUT2D eigenvalue weighted by Gasteiger charge is 2.85. The van der Waals surface area contributed by atoms with Gasteiger partial charge in [0.15, 0.2) is 0 Å².